The molecule has 1 unspecified atom stereocenters. The van der Waals surface area contributed by atoms with Gasteiger partial charge in [0, 0.05) is 5.56 Å². The Labute approximate surface area is 121 Å². The molecule has 0 radical (unpaired) electrons. The zero-order chi connectivity index (χ0) is 15.4. The van der Waals surface area contributed by atoms with Gasteiger partial charge in [-0.2, -0.15) is 0 Å². The van der Waals surface area contributed by atoms with Gasteiger partial charge in [-0.05, 0) is 26.0 Å². The van der Waals surface area contributed by atoms with E-state index in [0.717, 1.165) is 5.56 Å². The van der Waals surface area contributed by atoms with E-state index in [2.05, 4.69) is 0 Å². The average molecular weight is 286 g/mol. The molecular weight excluding hydrogens is 272 g/mol. The Morgan fingerprint density at radius 3 is 2.33 bits per heavy atom. The first-order valence-electron chi connectivity index (χ1n) is 6.38. The molecule has 21 heavy (non-hydrogen) atoms. The zero-order valence-electron chi connectivity index (χ0n) is 11.7. The molecule has 0 amide bonds. The number of benzene rings is 1. The van der Waals surface area contributed by atoms with Crippen molar-refractivity contribution in [2.45, 2.75) is 20.0 Å². The van der Waals surface area contributed by atoms with Crippen molar-refractivity contribution in [3.8, 4) is 0 Å². The molecule has 0 saturated heterocycles. The summed E-state index contributed by atoms with van der Waals surface area (Å²) >= 11 is 0. The highest BCUT2D eigenvalue weighted by Gasteiger charge is 2.26. The van der Waals surface area contributed by atoms with Crippen LogP contribution in [-0.4, -0.2) is 23.6 Å². The maximum atomic E-state index is 12.1. The lowest BCUT2D eigenvalue weighted by Crippen LogP contribution is -2.28. The van der Waals surface area contributed by atoms with Crippen LogP contribution in [0.3, 0.4) is 0 Å². The number of ketones is 2. The Morgan fingerprint density at radius 1 is 1.10 bits per heavy atom. The van der Waals surface area contributed by atoms with E-state index in [4.69, 9.17) is 9.15 Å². The Bertz CT molecular complexity index is 652. The van der Waals surface area contributed by atoms with Gasteiger partial charge in [-0.3, -0.25) is 9.59 Å². The zero-order valence-corrected chi connectivity index (χ0v) is 11.7. The number of aryl methyl sites for hydroxylation is 1. The van der Waals surface area contributed by atoms with E-state index in [1.807, 2.05) is 6.92 Å². The van der Waals surface area contributed by atoms with E-state index in [1.54, 1.807) is 24.3 Å². The van der Waals surface area contributed by atoms with Crippen molar-refractivity contribution in [2.75, 3.05) is 0 Å². The van der Waals surface area contributed by atoms with Crippen molar-refractivity contribution in [3.63, 3.8) is 0 Å². The fourth-order valence-electron chi connectivity index (χ4n) is 1.73. The lowest BCUT2D eigenvalue weighted by molar-refractivity contribution is -0.140. The lowest BCUT2D eigenvalue weighted by Gasteiger charge is -2.11. The fraction of sp³-hybridized carbons (Fsp3) is 0.188. The minimum Gasteiger partial charge on any atom is -0.461 e. The number of rotatable bonds is 5. The Kier molecular flexibility index (Phi) is 4.33. The third-order valence-electron chi connectivity index (χ3n) is 2.92. The monoisotopic (exact) mass is 286 g/mol. The second-order valence-electron chi connectivity index (χ2n) is 4.58. The minimum atomic E-state index is -1.11. The quantitative estimate of drug-likeness (QED) is 0.480. The van der Waals surface area contributed by atoms with Gasteiger partial charge in [0.15, 0.2) is 11.9 Å². The van der Waals surface area contributed by atoms with E-state index < -0.39 is 17.9 Å². The Morgan fingerprint density at radius 2 is 1.76 bits per heavy atom. The van der Waals surface area contributed by atoms with Gasteiger partial charge in [0.2, 0.25) is 5.78 Å². The largest absolute Gasteiger partial charge is 0.461 e. The number of hydrogen-bond donors (Lipinski definition) is 0. The van der Waals surface area contributed by atoms with Gasteiger partial charge >= 0.3 is 11.8 Å². The molecule has 1 aromatic heterocycles. The molecule has 0 N–H and O–H groups in total. The summed E-state index contributed by atoms with van der Waals surface area (Å²) in [5.41, 5.74) is 1.44. The second kappa shape index (κ2) is 6.17. The first-order chi connectivity index (χ1) is 9.99. The summed E-state index contributed by atoms with van der Waals surface area (Å²) in [6, 6.07) is 9.72. The lowest BCUT2D eigenvalue weighted by atomic mass is 10.1. The summed E-state index contributed by atoms with van der Waals surface area (Å²) in [4.78, 5) is 35.4. The van der Waals surface area contributed by atoms with Crippen LogP contribution < -0.4 is 0 Å². The second-order valence-corrected chi connectivity index (χ2v) is 4.58. The third-order valence-corrected chi connectivity index (χ3v) is 2.92. The molecule has 0 aliphatic heterocycles. The topological polar surface area (TPSA) is 73.6 Å². The van der Waals surface area contributed by atoms with Crippen molar-refractivity contribution < 1.29 is 23.5 Å². The highest BCUT2D eigenvalue weighted by Crippen LogP contribution is 2.10. The van der Waals surface area contributed by atoms with Gasteiger partial charge in [-0.25, -0.2) is 4.79 Å². The predicted octanol–water partition coefficient (Wildman–Crippen LogP) is 2.59. The maximum absolute atomic E-state index is 12.1. The van der Waals surface area contributed by atoms with Crippen LogP contribution >= 0.6 is 0 Å². The van der Waals surface area contributed by atoms with Gasteiger partial charge in [0.05, 0.1) is 6.26 Å². The molecule has 5 heteroatoms. The molecule has 0 aliphatic rings. The number of carbonyl (C=O) groups excluding carboxylic acids is 3. The van der Waals surface area contributed by atoms with Crippen LogP contribution in [0.4, 0.5) is 0 Å². The fourth-order valence-corrected chi connectivity index (χ4v) is 1.73. The van der Waals surface area contributed by atoms with Gasteiger partial charge in [-0.15, -0.1) is 0 Å². The van der Waals surface area contributed by atoms with E-state index in [9.17, 15) is 14.4 Å². The molecule has 0 saturated carbocycles. The van der Waals surface area contributed by atoms with Crippen LogP contribution in [0.1, 0.15) is 33.4 Å². The molecule has 0 aliphatic carbocycles. The molecule has 2 aromatic rings. The van der Waals surface area contributed by atoms with Crippen LogP contribution in [0.25, 0.3) is 0 Å². The van der Waals surface area contributed by atoms with E-state index in [0.29, 0.717) is 5.56 Å². The van der Waals surface area contributed by atoms with Crippen LogP contribution in [0, 0.1) is 6.92 Å². The van der Waals surface area contributed by atoms with Crippen LogP contribution in [0.2, 0.25) is 0 Å². The number of furan rings is 1. The maximum Gasteiger partial charge on any atom is 0.383 e. The first kappa shape index (κ1) is 14.7. The molecule has 0 fully saturated rings. The average Bonchev–Trinajstić information content (AvgIpc) is 3.00. The normalized spacial score (nSPS) is 11.7. The van der Waals surface area contributed by atoms with Crippen molar-refractivity contribution in [2.24, 2.45) is 0 Å². The molecule has 2 rings (SSSR count). The van der Waals surface area contributed by atoms with Crippen molar-refractivity contribution >= 4 is 17.5 Å². The van der Waals surface area contributed by atoms with Gasteiger partial charge in [0.1, 0.15) is 0 Å². The van der Waals surface area contributed by atoms with E-state index in [1.165, 1.54) is 25.3 Å². The third kappa shape index (κ3) is 3.45. The molecule has 108 valence electrons. The van der Waals surface area contributed by atoms with Gasteiger partial charge < -0.3 is 9.15 Å². The SMILES string of the molecule is Cc1ccc(C(=O)C(C)OC(=O)C(=O)c2ccco2)cc1. The number of carbonyl (C=O) groups is 3. The molecule has 1 aromatic carbocycles. The van der Waals surface area contributed by atoms with E-state index in [-0.39, 0.29) is 11.5 Å². The van der Waals surface area contributed by atoms with Gasteiger partial charge in [0.25, 0.3) is 0 Å². The number of ether oxygens (including phenoxy) is 1. The highest BCUT2D eigenvalue weighted by molar-refractivity contribution is 6.40. The molecular formula is C16H14O5. The summed E-state index contributed by atoms with van der Waals surface area (Å²) in [6.45, 7) is 3.33. The Balaban J connectivity index is 2.02. The molecule has 1 atom stereocenters. The number of esters is 1. The molecule has 0 spiro atoms. The smallest absolute Gasteiger partial charge is 0.383 e. The molecule has 1 heterocycles. The first-order valence-corrected chi connectivity index (χ1v) is 6.38. The van der Waals surface area contributed by atoms with Crippen LogP contribution in [0.5, 0.6) is 0 Å². The summed E-state index contributed by atoms with van der Waals surface area (Å²) < 4.78 is 9.71. The predicted molar refractivity (Wildman–Crippen MR) is 74.1 cm³/mol. The summed E-state index contributed by atoms with van der Waals surface area (Å²) in [5, 5.41) is 0. The molecule has 0 bridgehead atoms. The summed E-state index contributed by atoms with van der Waals surface area (Å²) in [5.74, 6) is -2.51. The minimum absolute atomic E-state index is 0.116. The van der Waals surface area contributed by atoms with Crippen molar-refractivity contribution in [3.05, 3.63) is 59.5 Å². The summed E-state index contributed by atoms with van der Waals surface area (Å²) in [6.07, 6.45) is 0.237. The number of Topliss-reactive ketones (excluding diaryl/α,β-unsaturated/α-hetero) is 2. The van der Waals surface area contributed by atoms with Crippen molar-refractivity contribution in [1.82, 2.24) is 0 Å². The number of hydrogen-bond acceptors (Lipinski definition) is 5. The van der Waals surface area contributed by atoms with Crippen LogP contribution in [-0.2, 0) is 9.53 Å². The van der Waals surface area contributed by atoms with E-state index >= 15 is 0 Å². The Hall–Kier alpha value is -2.69. The summed E-state index contributed by atoms with van der Waals surface area (Å²) in [7, 11) is 0. The van der Waals surface area contributed by atoms with Gasteiger partial charge in [-0.1, -0.05) is 29.8 Å². The van der Waals surface area contributed by atoms with Crippen LogP contribution in [0.15, 0.2) is 47.1 Å². The molecule has 5 nitrogen and oxygen atoms in total. The standard InChI is InChI=1S/C16H14O5/c1-10-5-7-12(8-6-10)14(17)11(2)21-16(19)15(18)13-4-3-9-20-13/h3-9,11H,1-2H3. The van der Waals surface area contributed by atoms with Crippen molar-refractivity contribution in [1.29, 1.82) is 0 Å². The highest BCUT2D eigenvalue weighted by atomic mass is 16.6.